The lowest BCUT2D eigenvalue weighted by Crippen LogP contribution is -2.20. The van der Waals surface area contributed by atoms with Crippen molar-refractivity contribution in [3.63, 3.8) is 0 Å². The molecule has 1 heterocycles. The summed E-state index contributed by atoms with van der Waals surface area (Å²) in [6, 6.07) is 16.7. The van der Waals surface area contributed by atoms with Gasteiger partial charge in [-0.3, -0.25) is 4.79 Å². The zero-order valence-corrected chi connectivity index (χ0v) is 17.6. The van der Waals surface area contributed by atoms with Gasteiger partial charge in [0.05, 0.1) is 6.33 Å². The van der Waals surface area contributed by atoms with Crippen molar-refractivity contribution >= 4 is 24.0 Å². The van der Waals surface area contributed by atoms with Crippen molar-refractivity contribution in [3.05, 3.63) is 83.9 Å². The van der Waals surface area contributed by atoms with Gasteiger partial charge in [-0.25, -0.2) is 4.98 Å². The highest BCUT2D eigenvalue weighted by molar-refractivity contribution is 6.04. The van der Waals surface area contributed by atoms with Gasteiger partial charge in [-0.1, -0.05) is 24.3 Å². The summed E-state index contributed by atoms with van der Waals surface area (Å²) < 4.78 is 1.99. The van der Waals surface area contributed by atoms with Crippen LogP contribution in [0.3, 0.4) is 0 Å². The molecule has 30 heavy (non-hydrogen) atoms. The molecule has 6 heteroatoms. The van der Waals surface area contributed by atoms with E-state index >= 15 is 0 Å². The maximum atomic E-state index is 12.7. The summed E-state index contributed by atoms with van der Waals surface area (Å²) in [6.07, 6.45) is 9.46. The first-order chi connectivity index (χ1) is 14.2. The van der Waals surface area contributed by atoms with Crippen LogP contribution in [0.15, 0.2) is 67.3 Å². The minimum atomic E-state index is -0.0828. The molecule has 0 unspecified atom stereocenters. The second-order valence-corrected chi connectivity index (χ2v) is 8.31. The average Bonchev–Trinajstić information content (AvgIpc) is 3.66. The zero-order valence-electron chi connectivity index (χ0n) is 16.8. The fourth-order valence-electron chi connectivity index (χ4n) is 3.85. The summed E-state index contributed by atoms with van der Waals surface area (Å²) in [6.45, 7) is 1.88. The maximum Gasteiger partial charge on any atom is 0.255 e. The van der Waals surface area contributed by atoms with E-state index < -0.39 is 0 Å². The summed E-state index contributed by atoms with van der Waals surface area (Å²) in [4.78, 5) is 16.7. The van der Waals surface area contributed by atoms with Crippen molar-refractivity contribution in [1.29, 1.82) is 0 Å². The van der Waals surface area contributed by atoms with Crippen LogP contribution in [0.2, 0.25) is 0 Å². The number of amides is 1. The Kier molecular flexibility index (Phi) is 6.21. The predicted molar refractivity (Wildman–Crippen MR) is 121 cm³/mol. The summed E-state index contributed by atoms with van der Waals surface area (Å²) >= 11 is 0. The first kappa shape index (κ1) is 20.6. The second kappa shape index (κ2) is 9.02. The van der Waals surface area contributed by atoms with Crippen LogP contribution in [0, 0.1) is 5.92 Å². The number of hydrogen-bond acceptors (Lipinski definition) is 3. The van der Waals surface area contributed by atoms with Gasteiger partial charge in [-0.15, -0.1) is 12.4 Å². The van der Waals surface area contributed by atoms with Crippen molar-refractivity contribution in [1.82, 2.24) is 14.9 Å². The van der Waals surface area contributed by atoms with E-state index in [0.717, 1.165) is 17.2 Å². The topological polar surface area (TPSA) is 59.0 Å². The first-order valence-corrected chi connectivity index (χ1v) is 10.4. The van der Waals surface area contributed by atoms with E-state index in [4.69, 9.17) is 0 Å². The summed E-state index contributed by atoms with van der Waals surface area (Å²) in [5, 5.41) is 6.70. The number of halogens is 1. The number of nitrogens with zero attached hydrogens (tertiary/aromatic N) is 2. The summed E-state index contributed by atoms with van der Waals surface area (Å²) in [7, 11) is 0. The van der Waals surface area contributed by atoms with E-state index in [-0.39, 0.29) is 18.3 Å². The SMILES string of the molecule is Cl.O=C(Nc1ccc([C@@H]2C[C@H]2NCC2CC2)cc1)c1cccc(Cn2ccnc2)c1. The summed E-state index contributed by atoms with van der Waals surface area (Å²) in [5.74, 6) is 1.46. The molecule has 2 atom stereocenters. The molecule has 1 amide bonds. The van der Waals surface area contributed by atoms with E-state index in [1.807, 2.05) is 47.2 Å². The molecule has 0 bridgehead atoms. The van der Waals surface area contributed by atoms with Crippen LogP contribution in [0.25, 0.3) is 0 Å². The number of nitrogens with one attached hydrogen (secondary N) is 2. The van der Waals surface area contributed by atoms with Crippen molar-refractivity contribution < 1.29 is 4.79 Å². The van der Waals surface area contributed by atoms with Crippen LogP contribution in [0.1, 0.15) is 46.7 Å². The van der Waals surface area contributed by atoms with Gasteiger partial charge in [0, 0.05) is 42.1 Å². The molecule has 0 spiro atoms. The van der Waals surface area contributed by atoms with Crippen molar-refractivity contribution in [2.24, 2.45) is 5.92 Å². The van der Waals surface area contributed by atoms with Crippen LogP contribution in [-0.4, -0.2) is 28.0 Å². The van der Waals surface area contributed by atoms with E-state index in [1.165, 1.54) is 31.4 Å². The highest BCUT2D eigenvalue weighted by Gasteiger charge is 2.38. The minimum Gasteiger partial charge on any atom is -0.333 e. The van der Waals surface area contributed by atoms with E-state index in [1.54, 1.807) is 12.5 Å². The third kappa shape index (κ3) is 5.10. The van der Waals surface area contributed by atoms with Gasteiger partial charge in [0.15, 0.2) is 0 Å². The Balaban J connectivity index is 0.00000218. The van der Waals surface area contributed by atoms with Gasteiger partial charge in [0.25, 0.3) is 5.91 Å². The fraction of sp³-hybridized carbons (Fsp3) is 0.333. The van der Waals surface area contributed by atoms with Gasteiger partial charge in [0.1, 0.15) is 0 Å². The molecule has 0 aliphatic heterocycles. The molecular formula is C24H27ClN4O. The predicted octanol–water partition coefficient (Wildman–Crippen LogP) is 4.46. The molecule has 5 nitrogen and oxygen atoms in total. The lowest BCUT2D eigenvalue weighted by atomic mass is 10.1. The number of anilines is 1. The monoisotopic (exact) mass is 422 g/mol. The number of carbonyl (C=O) groups excluding carboxylic acids is 1. The number of aromatic nitrogens is 2. The third-order valence-electron chi connectivity index (χ3n) is 5.87. The van der Waals surface area contributed by atoms with Crippen LogP contribution in [-0.2, 0) is 6.54 Å². The lowest BCUT2D eigenvalue weighted by Gasteiger charge is -2.09. The number of hydrogen-bond donors (Lipinski definition) is 2. The van der Waals surface area contributed by atoms with Crippen LogP contribution >= 0.6 is 12.4 Å². The average molecular weight is 423 g/mol. The van der Waals surface area contributed by atoms with Crippen molar-refractivity contribution in [3.8, 4) is 0 Å². The second-order valence-electron chi connectivity index (χ2n) is 8.31. The smallest absolute Gasteiger partial charge is 0.255 e. The fourth-order valence-corrected chi connectivity index (χ4v) is 3.85. The van der Waals surface area contributed by atoms with Gasteiger partial charge < -0.3 is 15.2 Å². The Bertz CT molecular complexity index is 983. The number of benzene rings is 2. The molecule has 2 aliphatic carbocycles. The molecule has 0 saturated heterocycles. The number of rotatable bonds is 8. The van der Waals surface area contributed by atoms with E-state index in [2.05, 4.69) is 27.8 Å². The highest BCUT2D eigenvalue weighted by Crippen LogP contribution is 2.41. The van der Waals surface area contributed by atoms with Crippen molar-refractivity contribution in [2.45, 2.75) is 37.8 Å². The summed E-state index contributed by atoms with van der Waals surface area (Å²) in [5.41, 5.74) is 3.93. The molecule has 3 aromatic rings. The van der Waals surface area contributed by atoms with Crippen LogP contribution in [0.5, 0.6) is 0 Å². The number of imidazole rings is 1. The van der Waals surface area contributed by atoms with Crippen LogP contribution in [0.4, 0.5) is 5.69 Å². The van der Waals surface area contributed by atoms with Crippen molar-refractivity contribution in [2.75, 3.05) is 11.9 Å². The Morgan fingerprint density at radius 2 is 1.97 bits per heavy atom. The molecule has 156 valence electrons. The molecule has 2 aliphatic rings. The van der Waals surface area contributed by atoms with Gasteiger partial charge >= 0.3 is 0 Å². The molecule has 2 N–H and O–H groups in total. The zero-order chi connectivity index (χ0) is 19.6. The Labute approximate surface area is 183 Å². The normalized spacial score (nSPS) is 19.7. The molecule has 2 saturated carbocycles. The minimum absolute atomic E-state index is 0. The Hall–Kier alpha value is -2.63. The van der Waals surface area contributed by atoms with E-state index in [0.29, 0.717) is 24.1 Å². The molecule has 1 aromatic heterocycles. The first-order valence-electron chi connectivity index (χ1n) is 10.4. The van der Waals surface area contributed by atoms with Gasteiger partial charge in [-0.2, -0.15) is 0 Å². The molecule has 5 rings (SSSR count). The van der Waals surface area contributed by atoms with Crippen LogP contribution < -0.4 is 10.6 Å². The van der Waals surface area contributed by atoms with Gasteiger partial charge in [0.2, 0.25) is 0 Å². The van der Waals surface area contributed by atoms with E-state index in [9.17, 15) is 4.79 Å². The van der Waals surface area contributed by atoms with Gasteiger partial charge in [-0.05, 0) is 67.1 Å². The Morgan fingerprint density at radius 3 is 2.70 bits per heavy atom. The third-order valence-corrected chi connectivity index (χ3v) is 5.87. The largest absolute Gasteiger partial charge is 0.333 e. The number of carbonyl (C=O) groups is 1. The maximum absolute atomic E-state index is 12.7. The standard InChI is InChI=1S/C24H26N4O.ClH/c29-24(20-3-1-2-18(12-20)15-28-11-10-25-16-28)27-21-8-6-19(7-9-21)22-13-23(22)26-14-17-4-5-17;/h1-3,6-12,16-17,22-23,26H,4-5,13-15H2,(H,27,29);1H/t22-,23+;/m0./s1. The molecule has 0 radical (unpaired) electrons. The lowest BCUT2D eigenvalue weighted by molar-refractivity contribution is 0.102. The molecule has 2 fully saturated rings. The quantitative estimate of drug-likeness (QED) is 0.563. The Morgan fingerprint density at radius 1 is 1.13 bits per heavy atom. The molecular weight excluding hydrogens is 396 g/mol. The molecule has 2 aromatic carbocycles. The highest BCUT2D eigenvalue weighted by atomic mass is 35.5.